The van der Waals surface area contributed by atoms with Crippen molar-refractivity contribution in [3.63, 3.8) is 0 Å². The molecule has 162 valence electrons. The molecule has 1 aromatic heterocycles. The van der Waals surface area contributed by atoms with Crippen LogP contribution in [0.5, 0.6) is 0 Å². The van der Waals surface area contributed by atoms with Crippen LogP contribution in [0.15, 0.2) is 83.9 Å². The predicted octanol–water partition coefficient (Wildman–Crippen LogP) is 4.06. The second kappa shape index (κ2) is 10.0. The maximum Gasteiger partial charge on any atom is 0.245 e. The molecule has 1 saturated heterocycles. The largest absolute Gasteiger partial charge is 0.376 e. The van der Waals surface area contributed by atoms with Crippen LogP contribution in [0.1, 0.15) is 24.0 Å². The van der Waals surface area contributed by atoms with E-state index < -0.39 is 10.0 Å². The van der Waals surface area contributed by atoms with Gasteiger partial charge in [0.2, 0.25) is 10.0 Å². The van der Waals surface area contributed by atoms with Gasteiger partial charge in [-0.25, -0.2) is 13.4 Å². The molecule has 4 rings (SSSR count). The number of nitrogens with zero attached hydrogens (tertiary/aromatic N) is 2. The van der Waals surface area contributed by atoms with Gasteiger partial charge in [-0.15, -0.1) is 0 Å². The van der Waals surface area contributed by atoms with Gasteiger partial charge in [-0.05, 0) is 36.1 Å². The summed E-state index contributed by atoms with van der Waals surface area (Å²) in [4.78, 5) is 4.51. The zero-order chi connectivity index (χ0) is 21.5. The lowest BCUT2D eigenvalue weighted by molar-refractivity contribution is 0.120. The van der Waals surface area contributed by atoms with Gasteiger partial charge in [0.25, 0.3) is 0 Å². The smallest absolute Gasteiger partial charge is 0.245 e. The lowest BCUT2D eigenvalue weighted by Crippen LogP contribution is -2.30. The summed E-state index contributed by atoms with van der Waals surface area (Å²) in [6, 6.07) is 22.6. The van der Waals surface area contributed by atoms with Crippen LogP contribution in [0, 0.1) is 0 Å². The third kappa shape index (κ3) is 5.70. The van der Waals surface area contributed by atoms with E-state index >= 15 is 0 Å². The first-order valence-electron chi connectivity index (χ1n) is 10.5. The van der Waals surface area contributed by atoms with Crippen LogP contribution in [0.4, 0.5) is 5.82 Å². The highest BCUT2D eigenvalue weighted by atomic mass is 32.2. The van der Waals surface area contributed by atoms with Crippen LogP contribution < -0.4 is 5.32 Å². The molecule has 1 aliphatic heterocycles. The number of hydrogen-bond donors (Lipinski definition) is 1. The number of aromatic nitrogens is 1. The van der Waals surface area contributed by atoms with E-state index in [-0.39, 0.29) is 24.1 Å². The summed E-state index contributed by atoms with van der Waals surface area (Å²) in [6.07, 6.45) is 3.73. The summed E-state index contributed by atoms with van der Waals surface area (Å²) >= 11 is 0. The molecule has 6 nitrogen and oxygen atoms in total. The minimum Gasteiger partial charge on any atom is -0.376 e. The fraction of sp³-hybridized carbons (Fsp3) is 0.292. The van der Waals surface area contributed by atoms with Crippen molar-refractivity contribution in [3.05, 3.63) is 90.1 Å². The molecule has 0 saturated carbocycles. The maximum absolute atomic E-state index is 13.5. The van der Waals surface area contributed by atoms with Crippen LogP contribution in [0.2, 0.25) is 0 Å². The lowest BCUT2D eigenvalue weighted by atomic mass is 10.2. The first kappa shape index (κ1) is 21.5. The Kier molecular flexibility index (Phi) is 6.96. The van der Waals surface area contributed by atoms with Crippen LogP contribution in [-0.2, 0) is 27.8 Å². The molecule has 0 amide bonds. The molecule has 1 fully saturated rings. The average molecular weight is 438 g/mol. The van der Waals surface area contributed by atoms with Crippen molar-refractivity contribution in [1.29, 1.82) is 0 Å². The number of rotatable bonds is 9. The zero-order valence-electron chi connectivity index (χ0n) is 17.4. The molecule has 7 heteroatoms. The summed E-state index contributed by atoms with van der Waals surface area (Å²) in [6.45, 7) is 2.05. The van der Waals surface area contributed by atoms with Gasteiger partial charge in [0.1, 0.15) is 10.7 Å². The molecule has 2 aromatic carbocycles. The van der Waals surface area contributed by atoms with Crippen molar-refractivity contribution in [2.75, 3.05) is 18.5 Å². The highest BCUT2D eigenvalue weighted by Crippen LogP contribution is 2.22. The third-order valence-corrected chi connectivity index (χ3v) is 7.09. The number of anilines is 1. The van der Waals surface area contributed by atoms with Crippen molar-refractivity contribution in [3.8, 4) is 0 Å². The van der Waals surface area contributed by atoms with E-state index in [4.69, 9.17) is 4.74 Å². The Labute approximate surface area is 183 Å². The van der Waals surface area contributed by atoms with E-state index in [9.17, 15) is 8.42 Å². The molecule has 0 radical (unpaired) electrons. The normalized spacial score (nSPS) is 16.5. The second-order valence-electron chi connectivity index (χ2n) is 7.64. The van der Waals surface area contributed by atoms with Gasteiger partial charge in [0.15, 0.2) is 0 Å². The van der Waals surface area contributed by atoms with Crippen LogP contribution >= 0.6 is 0 Å². The van der Waals surface area contributed by atoms with Crippen LogP contribution in [0.3, 0.4) is 0 Å². The van der Waals surface area contributed by atoms with E-state index in [2.05, 4.69) is 10.3 Å². The second-order valence-corrected chi connectivity index (χ2v) is 9.58. The molecule has 2 heterocycles. The summed E-state index contributed by atoms with van der Waals surface area (Å²) in [5.74, 6) is 0.645. The number of hydrogen-bond acceptors (Lipinski definition) is 5. The molecule has 1 N–H and O–H groups in total. The monoisotopic (exact) mass is 437 g/mol. The highest BCUT2D eigenvalue weighted by molar-refractivity contribution is 7.89. The van der Waals surface area contributed by atoms with Gasteiger partial charge < -0.3 is 10.1 Å². The van der Waals surface area contributed by atoms with Gasteiger partial charge in [-0.1, -0.05) is 60.7 Å². The Morgan fingerprint density at radius 1 is 0.935 bits per heavy atom. The molecule has 3 aromatic rings. The Hall–Kier alpha value is -2.74. The molecule has 0 bridgehead atoms. The third-order valence-electron chi connectivity index (χ3n) is 5.31. The van der Waals surface area contributed by atoms with Crippen molar-refractivity contribution >= 4 is 15.8 Å². The summed E-state index contributed by atoms with van der Waals surface area (Å²) in [7, 11) is -3.73. The Morgan fingerprint density at radius 2 is 1.58 bits per heavy atom. The van der Waals surface area contributed by atoms with E-state index in [0.29, 0.717) is 12.4 Å². The van der Waals surface area contributed by atoms with Crippen LogP contribution in [-0.4, -0.2) is 37.0 Å². The van der Waals surface area contributed by atoms with Crippen LogP contribution in [0.25, 0.3) is 0 Å². The van der Waals surface area contributed by atoms with Crippen molar-refractivity contribution in [1.82, 2.24) is 9.29 Å². The summed E-state index contributed by atoms with van der Waals surface area (Å²) in [5.41, 5.74) is 1.87. The van der Waals surface area contributed by atoms with Crippen molar-refractivity contribution in [2.45, 2.75) is 36.9 Å². The fourth-order valence-electron chi connectivity index (χ4n) is 3.61. The average Bonchev–Trinajstić information content (AvgIpc) is 3.33. The first-order chi connectivity index (χ1) is 15.1. The lowest BCUT2D eigenvalue weighted by Gasteiger charge is -2.22. The molecule has 31 heavy (non-hydrogen) atoms. The molecule has 0 spiro atoms. The van der Waals surface area contributed by atoms with E-state index in [0.717, 1.165) is 30.6 Å². The molecule has 1 unspecified atom stereocenters. The number of benzene rings is 2. The number of sulfonamides is 1. The Balaban J connectivity index is 1.52. The van der Waals surface area contributed by atoms with E-state index in [1.165, 1.54) is 10.5 Å². The van der Waals surface area contributed by atoms with Gasteiger partial charge in [0.05, 0.1) is 6.10 Å². The molecule has 1 atom stereocenters. The van der Waals surface area contributed by atoms with Gasteiger partial charge in [0, 0.05) is 32.4 Å². The topological polar surface area (TPSA) is 71.5 Å². The number of ether oxygens (including phenoxy) is 1. The van der Waals surface area contributed by atoms with Crippen molar-refractivity contribution < 1.29 is 13.2 Å². The summed E-state index contributed by atoms with van der Waals surface area (Å²) < 4.78 is 34.0. The maximum atomic E-state index is 13.5. The van der Waals surface area contributed by atoms with E-state index in [1.54, 1.807) is 12.1 Å². The predicted molar refractivity (Wildman–Crippen MR) is 121 cm³/mol. The Bertz CT molecular complexity index is 1010. The quantitative estimate of drug-likeness (QED) is 0.547. The fourth-order valence-corrected chi connectivity index (χ4v) is 4.97. The Morgan fingerprint density at radius 3 is 2.10 bits per heavy atom. The van der Waals surface area contributed by atoms with Crippen molar-refractivity contribution in [2.24, 2.45) is 0 Å². The number of nitrogens with one attached hydrogen (secondary N) is 1. The first-order valence-corrected chi connectivity index (χ1v) is 11.9. The minimum atomic E-state index is -3.73. The standard InChI is InChI=1S/C24H27N3O3S/c28-31(29,23-13-14-24(26-17-23)25-16-22-12-7-15-30-22)27(18-20-8-3-1-4-9-20)19-21-10-5-2-6-11-21/h1-6,8-11,13-14,17,22H,7,12,15-16,18-19H2,(H,25,26). The SMILES string of the molecule is O=S(=O)(c1ccc(NCC2CCCO2)nc1)N(Cc1ccccc1)Cc1ccccc1. The number of pyridine rings is 1. The van der Waals surface area contributed by atoms with Gasteiger partial charge in [-0.2, -0.15) is 4.31 Å². The van der Waals surface area contributed by atoms with Gasteiger partial charge in [-0.3, -0.25) is 0 Å². The van der Waals surface area contributed by atoms with E-state index in [1.807, 2.05) is 60.7 Å². The van der Waals surface area contributed by atoms with Gasteiger partial charge >= 0.3 is 0 Å². The zero-order valence-corrected chi connectivity index (χ0v) is 18.2. The molecular formula is C24H27N3O3S. The molecular weight excluding hydrogens is 410 g/mol. The highest BCUT2D eigenvalue weighted by Gasteiger charge is 2.25. The minimum absolute atomic E-state index is 0.182. The molecule has 1 aliphatic rings. The summed E-state index contributed by atoms with van der Waals surface area (Å²) in [5, 5.41) is 3.23. The molecule has 0 aliphatic carbocycles.